The highest BCUT2D eigenvalue weighted by molar-refractivity contribution is 5.96. The second-order valence-electron chi connectivity index (χ2n) is 6.13. The first-order valence-corrected chi connectivity index (χ1v) is 8.40. The van der Waals surface area contributed by atoms with Gasteiger partial charge in [-0.25, -0.2) is 0 Å². The minimum absolute atomic E-state index is 0.0550. The van der Waals surface area contributed by atoms with Crippen molar-refractivity contribution >= 4 is 17.8 Å². The molecule has 1 fully saturated rings. The molecule has 0 spiro atoms. The minimum atomic E-state index is -0.677. The molecule has 1 heterocycles. The Morgan fingerprint density at radius 3 is 2.58 bits per heavy atom. The highest BCUT2D eigenvalue weighted by atomic mass is 16.5. The maximum atomic E-state index is 12.1. The van der Waals surface area contributed by atoms with Gasteiger partial charge in [0.25, 0.3) is 11.8 Å². The number of carbonyl (C=O) groups is 3. The molecule has 0 saturated carbocycles. The third-order valence-electron chi connectivity index (χ3n) is 3.85. The zero-order valence-corrected chi connectivity index (χ0v) is 15.2. The molecule has 0 aliphatic carbocycles. The maximum Gasteiger partial charge on any atom is 0.325 e. The van der Waals surface area contributed by atoms with E-state index in [1.165, 1.54) is 7.11 Å². The van der Waals surface area contributed by atoms with Gasteiger partial charge in [-0.3, -0.25) is 14.4 Å². The molecule has 2 rings (SSSR count). The number of hydrogen-bond donors (Lipinski definition) is 1. The van der Waals surface area contributed by atoms with Gasteiger partial charge in [-0.1, -0.05) is 6.07 Å². The Bertz CT molecular complexity index is 653. The molecule has 1 aliphatic heterocycles. The van der Waals surface area contributed by atoms with E-state index in [2.05, 4.69) is 5.32 Å². The topological polar surface area (TPSA) is 94.2 Å². The number of methoxy groups -OCH3 is 1. The van der Waals surface area contributed by atoms with E-state index in [1.807, 2.05) is 13.8 Å². The van der Waals surface area contributed by atoms with Crippen LogP contribution in [-0.4, -0.2) is 68.2 Å². The lowest BCUT2D eigenvalue weighted by atomic mass is 10.2. The van der Waals surface area contributed by atoms with Gasteiger partial charge in [0.15, 0.2) is 6.61 Å². The summed E-state index contributed by atoms with van der Waals surface area (Å²) in [6.45, 7) is 4.03. The van der Waals surface area contributed by atoms with Crippen LogP contribution in [0.5, 0.6) is 5.75 Å². The number of amides is 2. The van der Waals surface area contributed by atoms with Crippen molar-refractivity contribution in [2.75, 3.05) is 33.4 Å². The highest BCUT2D eigenvalue weighted by Crippen LogP contribution is 2.12. The average molecular weight is 364 g/mol. The molecule has 1 aliphatic rings. The van der Waals surface area contributed by atoms with Gasteiger partial charge in [-0.15, -0.1) is 0 Å². The minimum Gasteiger partial charge on any atom is -0.497 e. The van der Waals surface area contributed by atoms with Crippen molar-refractivity contribution < 1.29 is 28.6 Å². The first kappa shape index (κ1) is 19.7. The first-order valence-electron chi connectivity index (χ1n) is 8.40. The smallest absolute Gasteiger partial charge is 0.325 e. The Balaban J connectivity index is 1.74. The van der Waals surface area contributed by atoms with E-state index in [4.69, 9.17) is 14.2 Å². The van der Waals surface area contributed by atoms with E-state index < -0.39 is 11.9 Å². The number of morpholine rings is 1. The zero-order chi connectivity index (χ0) is 19.1. The second-order valence-corrected chi connectivity index (χ2v) is 6.13. The van der Waals surface area contributed by atoms with Crippen molar-refractivity contribution in [3.63, 3.8) is 0 Å². The van der Waals surface area contributed by atoms with Gasteiger partial charge in [-0.2, -0.15) is 0 Å². The summed E-state index contributed by atoms with van der Waals surface area (Å²) in [5.41, 5.74) is 0.365. The van der Waals surface area contributed by atoms with Crippen molar-refractivity contribution in [3.05, 3.63) is 29.8 Å². The first-order chi connectivity index (χ1) is 12.4. The summed E-state index contributed by atoms with van der Waals surface area (Å²) >= 11 is 0. The number of carbonyl (C=O) groups excluding carboxylic acids is 3. The number of nitrogens with zero attached hydrogens (tertiary/aromatic N) is 1. The Hall–Kier alpha value is -2.61. The summed E-state index contributed by atoms with van der Waals surface area (Å²) in [6.07, 6.45) is -0.110. The van der Waals surface area contributed by atoms with Gasteiger partial charge in [-0.05, 0) is 32.0 Å². The number of esters is 1. The van der Waals surface area contributed by atoms with Crippen LogP contribution in [0.2, 0.25) is 0 Å². The number of rotatable bonds is 6. The lowest BCUT2D eigenvalue weighted by Crippen LogP contribution is -2.49. The molecular weight excluding hydrogens is 340 g/mol. The van der Waals surface area contributed by atoms with E-state index in [9.17, 15) is 14.4 Å². The van der Waals surface area contributed by atoms with Gasteiger partial charge >= 0.3 is 5.97 Å². The molecule has 1 saturated heterocycles. The van der Waals surface area contributed by atoms with Gasteiger partial charge in [0.2, 0.25) is 0 Å². The SMILES string of the molecule is COc1cccc(C(=O)NCC(=O)OCC(=O)N2C[C@H](C)O[C@@H](C)C2)c1. The molecule has 1 aromatic carbocycles. The molecule has 0 aromatic heterocycles. The molecule has 26 heavy (non-hydrogen) atoms. The number of benzene rings is 1. The summed E-state index contributed by atoms with van der Waals surface area (Å²) in [5, 5.41) is 2.45. The van der Waals surface area contributed by atoms with Crippen LogP contribution in [0, 0.1) is 0 Å². The lowest BCUT2D eigenvalue weighted by Gasteiger charge is -2.35. The fourth-order valence-corrected chi connectivity index (χ4v) is 2.68. The third-order valence-corrected chi connectivity index (χ3v) is 3.85. The monoisotopic (exact) mass is 364 g/mol. The molecule has 0 radical (unpaired) electrons. The standard InChI is InChI=1S/C18H24N2O6/c1-12-9-20(10-13(2)26-12)16(21)11-25-17(22)8-19-18(23)14-5-4-6-15(7-14)24-3/h4-7,12-13H,8-11H2,1-3H3,(H,19,23)/t12-,13-/m0/s1. The van der Waals surface area contributed by atoms with Crippen molar-refractivity contribution in [1.29, 1.82) is 0 Å². The van der Waals surface area contributed by atoms with Crippen LogP contribution in [0.15, 0.2) is 24.3 Å². The Kier molecular flexibility index (Phi) is 6.97. The van der Waals surface area contributed by atoms with Crippen LogP contribution in [0.25, 0.3) is 0 Å². The summed E-state index contributed by atoms with van der Waals surface area (Å²) < 4.78 is 15.6. The molecular formula is C18H24N2O6. The van der Waals surface area contributed by atoms with E-state index in [-0.39, 0.29) is 31.3 Å². The zero-order valence-electron chi connectivity index (χ0n) is 15.2. The Morgan fingerprint density at radius 2 is 1.92 bits per heavy atom. The van der Waals surface area contributed by atoms with Crippen LogP contribution in [-0.2, 0) is 19.1 Å². The number of ether oxygens (including phenoxy) is 3. The van der Waals surface area contributed by atoms with Gasteiger partial charge in [0, 0.05) is 18.7 Å². The van der Waals surface area contributed by atoms with Crippen molar-refractivity contribution in [2.24, 2.45) is 0 Å². The summed E-state index contributed by atoms with van der Waals surface area (Å²) in [4.78, 5) is 37.5. The molecule has 0 bridgehead atoms. The van der Waals surface area contributed by atoms with E-state index in [0.717, 1.165) is 0 Å². The van der Waals surface area contributed by atoms with E-state index >= 15 is 0 Å². The largest absolute Gasteiger partial charge is 0.497 e. The van der Waals surface area contributed by atoms with E-state index in [0.29, 0.717) is 24.4 Å². The molecule has 1 N–H and O–H groups in total. The molecule has 8 nitrogen and oxygen atoms in total. The molecule has 2 atom stereocenters. The molecule has 0 unspecified atom stereocenters. The van der Waals surface area contributed by atoms with Crippen molar-refractivity contribution in [1.82, 2.24) is 10.2 Å². The molecule has 2 amide bonds. The lowest BCUT2D eigenvalue weighted by molar-refractivity contribution is -0.156. The maximum absolute atomic E-state index is 12.1. The van der Waals surface area contributed by atoms with Gasteiger partial charge in [0.1, 0.15) is 12.3 Å². The second kappa shape index (κ2) is 9.19. The quantitative estimate of drug-likeness (QED) is 0.743. The molecule has 142 valence electrons. The molecule has 1 aromatic rings. The normalized spacial score (nSPS) is 19.6. The Morgan fingerprint density at radius 1 is 1.23 bits per heavy atom. The predicted octanol–water partition coefficient (Wildman–Crippen LogP) is 0.604. The van der Waals surface area contributed by atoms with Crippen molar-refractivity contribution in [2.45, 2.75) is 26.1 Å². The summed E-state index contributed by atoms with van der Waals surface area (Å²) in [6, 6.07) is 6.55. The predicted molar refractivity (Wildman–Crippen MR) is 92.9 cm³/mol. The summed E-state index contributed by atoms with van der Waals surface area (Å²) in [5.74, 6) is -0.841. The fraction of sp³-hybridized carbons (Fsp3) is 0.500. The van der Waals surface area contributed by atoms with Crippen LogP contribution in [0.3, 0.4) is 0 Å². The van der Waals surface area contributed by atoms with Gasteiger partial charge in [0.05, 0.1) is 19.3 Å². The highest BCUT2D eigenvalue weighted by Gasteiger charge is 2.26. The van der Waals surface area contributed by atoms with Crippen LogP contribution < -0.4 is 10.1 Å². The van der Waals surface area contributed by atoms with E-state index in [1.54, 1.807) is 29.2 Å². The van der Waals surface area contributed by atoms with Crippen molar-refractivity contribution in [3.8, 4) is 5.75 Å². The van der Waals surface area contributed by atoms with Gasteiger partial charge < -0.3 is 24.4 Å². The summed E-state index contributed by atoms with van der Waals surface area (Å²) in [7, 11) is 1.50. The van der Waals surface area contributed by atoms with Crippen LogP contribution in [0.1, 0.15) is 24.2 Å². The van der Waals surface area contributed by atoms with Crippen LogP contribution >= 0.6 is 0 Å². The third kappa shape index (κ3) is 5.73. The number of nitrogens with one attached hydrogen (secondary N) is 1. The Labute approximate surface area is 152 Å². The number of hydrogen-bond acceptors (Lipinski definition) is 6. The average Bonchev–Trinajstić information content (AvgIpc) is 2.63. The fourth-order valence-electron chi connectivity index (χ4n) is 2.68. The molecule has 8 heteroatoms. The van der Waals surface area contributed by atoms with Crippen LogP contribution in [0.4, 0.5) is 0 Å².